The van der Waals surface area contributed by atoms with Crippen LogP contribution in [-0.2, 0) is 0 Å². The van der Waals surface area contributed by atoms with E-state index in [1.54, 1.807) is 0 Å². The largest absolute Gasteiger partial charge is 0.494 e. The van der Waals surface area contributed by atoms with E-state index in [-0.39, 0.29) is 0 Å². The molecular formula is C23H31NO. The molecule has 0 N–H and O–H groups in total. The molecule has 0 spiro atoms. The van der Waals surface area contributed by atoms with Crippen molar-refractivity contribution in [2.45, 2.75) is 33.6 Å². The van der Waals surface area contributed by atoms with E-state index >= 15 is 0 Å². The number of nitrogens with zero attached hydrogens (tertiary/aromatic N) is 1. The van der Waals surface area contributed by atoms with Crippen molar-refractivity contribution in [3.05, 3.63) is 54.1 Å². The van der Waals surface area contributed by atoms with Crippen molar-refractivity contribution in [2.24, 2.45) is 11.8 Å². The first-order valence-corrected chi connectivity index (χ1v) is 9.62. The zero-order valence-corrected chi connectivity index (χ0v) is 15.9. The van der Waals surface area contributed by atoms with Gasteiger partial charge in [0.15, 0.2) is 0 Å². The Labute approximate surface area is 152 Å². The molecule has 0 radical (unpaired) electrons. The van der Waals surface area contributed by atoms with Gasteiger partial charge in [-0.15, -0.1) is 0 Å². The Morgan fingerprint density at radius 2 is 1.44 bits per heavy atom. The van der Waals surface area contributed by atoms with Gasteiger partial charge in [-0.25, -0.2) is 0 Å². The predicted molar refractivity (Wildman–Crippen MR) is 106 cm³/mol. The standard InChI is InChI=1S/C23H31NO/c1-18-5-7-21(8-6-18)22-9-11-23(12-10-22)25-14-4-13-24-16-19(2)15-20(3)17-24/h5-12,19-20H,4,13-17H2,1-3H3/t19-,20-/m0/s1. The number of benzene rings is 2. The van der Waals surface area contributed by atoms with Gasteiger partial charge < -0.3 is 9.64 Å². The molecule has 3 rings (SSSR count). The molecule has 25 heavy (non-hydrogen) atoms. The highest BCUT2D eigenvalue weighted by Gasteiger charge is 2.20. The maximum absolute atomic E-state index is 5.93. The van der Waals surface area contributed by atoms with Crippen molar-refractivity contribution in [1.82, 2.24) is 4.90 Å². The molecule has 0 unspecified atom stereocenters. The van der Waals surface area contributed by atoms with Gasteiger partial charge in [0.25, 0.3) is 0 Å². The molecule has 134 valence electrons. The van der Waals surface area contributed by atoms with Crippen LogP contribution in [0.5, 0.6) is 5.75 Å². The molecule has 0 bridgehead atoms. The number of likely N-dealkylation sites (tertiary alicyclic amines) is 1. The summed E-state index contributed by atoms with van der Waals surface area (Å²) in [6.07, 6.45) is 2.47. The monoisotopic (exact) mass is 337 g/mol. The SMILES string of the molecule is Cc1ccc(-c2ccc(OCCCN3C[C@@H](C)C[C@H](C)C3)cc2)cc1. The lowest BCUT2D eigenvalue weighted by molar-refractivity contribution is 0.132. The van der Waals surface area contributed by atoms with Gasteiger partial charge in [-0.1, -0.05) is 55.8 Å². The first-order valence-electron chi connectivity index (χ1n) is 9.62. The second-order valence-corrected chi connectivity index (χ2v) is 7.80. The highest BCUT2D eigenvalue weighted by atomic mass is 16.5. The van der Waals surface area contributed by atoms with Gasteiger partial charge in [0.1, 0.15) is 5.75 Å². The molecule has 1 saturated heterocycles. The van der Waals surface area contributed by atoms with Crippen molar-refractivity contribution in [2.75, 3.05) is 26.2 Å². The van der Waals surface area contributed by atoms with Crippen molar-refractivity contribution in [3.63, 3.8) is 0 Å². The van der Waals surface area contributed by atoms with Crippen LogP contribution in [0.25, 0.3) is 11.1 Å². The minimum atomic E-state index is 0.795. The van der Waals surface area contributed by atoms with Crippen LogP contribution >= 0.6 is 0 Å². The van der Waals surface area contributed by atoms with Crippen LogP contribution in [0.4, 0.5) is 0 Å². The molecule has 1 aliphatic heterocycles. The third-order valence-electron chi connectivity index (χ3n) is 5.07. The Balaban J connectivity index is 1.43. The first kappa shape index (κ1) is 18.0. The third kappa shape index (κ3) is 5.34. The van der Waals surface area contributed by atoms with Crippen LogP contribution in [0.15, 0.2) is 48.5 Å². The zero-order valence-electron chi connectivity index (χ0n) is 15.9. The molecule has 0 aromatic heterocycles. The second-order valence-electron chi connectivity index (χ2n) is 7.80. The fourth-order valence-corrected chi connectivity index (χ4v) is 3.94. The molecule has 1 aliphatic rings. The van der Waals surface area contributed by atoms with E-state index in [0.717, 1.165) is 37.2 Å². The normalized spacial score (nSPS) is 21.2. The minimum Gasteiger partial charge on any atom is -0.494 e. The highest BCUT2D eigenvalue weighted by molar-refractivity contribution is 5.64. The van der Waals surface area contributed by atoms with Gasteiger partial charge in [-0.2, -0.15) is 0 Å². The summed E-state index contributed by atoms with van der Waals surface area (Å²) >= 11 is 0. The Morgan fingerprint density at radius 3 is 2.04 bits per heavy atom. The topological polar surface area (TPSA) is 12.5 Å². The molecule has 2 aromatic rings. The van der Waals surface area contributed by atoms with E-state index in [2.05, 4.69) is 74.2 Å². The van der Waals surface area contributed by atoms with Crippen molar-refractivity contribution in [3.8, 4) is 16.9 Å². The summed E-state index contributed by atoms with van der Waals surface area (Å²) in [5.41, 5.74) is 3.79. The summed E-state index contributed by atoms with van der Waals surface area (Å²) in [4.78, 5) is 2.60. The van der Waals surface area contributed by atoms with E-state index in [9.17, 15) is 0 Å². The van der Waals surface area contributed by atoms with E-state index in [1.165, 1.54) is 36.2 Å². The average Bonchev–Trinajstić information content (AvgIpc) is 2.59. The van der Waals surface area contributed by atoms with Gasteiger partial charge in [0.2, 0.25) is 0 Å². The number of hydrogen-bond acceptors (Lipinski definition) is 2. The van der Waals surface area contributed by atoms with Crippen LogP contribution < -0.4 is 4.74 Å². The fraction of sp³-hybridized carbons (Fsp3) is 0.478. The minimum absolute atomic E-state index is 0.795. The first-order chi connectivity index (χ1) is 12.1. The van der Waals surface area contributed by atoms with E-state index in [4.69, 9.17) is 4.74 Å². The molecule has 2 heteroatoms. The summed E-state index contributed by atoms with van der Waals surface area (Å²) < 4.78 is 5.93. The lowest BCUT2D eigenvalue weighted by Crippen LogP contribution is -2.39. The summed E-state index contributed by atoms with van der Waals surface area (Å²) in [5, 5.41) is 0. The molecular weight excluding hydrogens is 306 g/mol. The van der Waals surface area contributed by atoms with E-state index in [1.807, 2.05) is 0 Å². The van der Waals surface area contributed by atoms with Gasteiger partial charge in [-0.05, 0) is 54.9 Å². The fourth-order valence-electron chi connectivity index (χ4n) is 3.94. The maximum Gasteiger partial charge on any atom is 0.119 e. The Bertz CT molecular complexity index is 637. The Hall–Kier alpha value is -1.80. The lowest BCUT2D eigenvalue weighted by atomic mass is 9.92. The quantitative estimate of drug-likeness (QED) is 0.654. The van der Waals surface area contributed by atoms with Crippen molar-refractivity contribution >= 4 is 0 Å². The average molecular weight is 338 g/mol. The van der Waals surface area contributed by atoms with Crippen molar-refractivity contribution < 1.29 is 4.74 Å². The summed E-state index contributed by atoms with van der Waals surface area (Å²) in [7, 11) is 0. The molecule has 2 nitrogen and oxygen atoms in total. The summed E-state index contributed by atoms with van der Waals surface area (Å²) in [6, 6.07) is 17.1. The third-order valence-corrected chi connectivity index (χ3v) is 5.07. The van der Waals surface area contributed by atoms with Crippen LogP contribution in [0.2, 0.25) is 0 Å². The number of ether oxygens (including phenoxy) is 1. The maximum atomic E-state index is 5.93. The molecule has 0 aliphatic carbocycles. The van der Waals surface area contributed by atoms with Crippen LogP contribution in [0.3, 0.4) is 0 Å². The van der Waals surface area contributed by atoms with Gasteiger partial charge in [0, 0.05) is 19.6 Å². The number of piperidine rings is 1. The smallest absolute Gasteiger partial charge is 0.119 e. The van der Waals surface area contributed by atoms with E-state index < -0.39 is 0 Å². The van der Waals surface area contributed by atoms with Crippen LogP contribution in [0.1, 0.15) is 32.3 Å². The number of hydrogen-bond donors (Lipinski definition) is 0. The van der Waals surface area contributed by atoms with Crippen LogP contribution in [-0.4, -0.2) is 31.1 Å². The van der Waals surface area contributed by atoms with E-state index in [0.29, 0.717) is 0 Å². The molecule has 2 aromatic carbocycles. The zero-order chi connectivity index (χ0) is 17.6. The Morgan fingerprint density at radius 1 is 0.880 bits per heavy atom. The molecule has 2 atom stereocenters. The van der Waals surface area contributed by atoms with Gasteiger partial charge >= 0.3 is 0 Å². The molecule has 1 heterocycles. The molecule has 1 fully saturated rings. The highest BCUT2D eigenvalue weighted by Crippen LogP contribution is 2.23. The molecule has 0 amide bonds. The number of rotatable bonds is 6. The summed E-state index contributed by atoms with van der Waals surface area (Å²) in [5.74, 6) is 2.63. The Kier molecular flexibility index (Phi) is 6.14. The summed E-state index contributed by atoms with van der Waals surface area (Å²) in [6.45, 7) is 11.3. The van der Waals surface area contributed by atoms with Crippen molar-refractivity contribution in [1.29, 1.82) is 0 Å². The lowest BCUT2D eigenvalue weighted by Gasteiger charge is -2.34. The predicted octanol–water partition coefficient (Wildman–Crippen LogP) is 5.41. The molecule has 0 saturated carbocycles. The van der Waals surface area contributed by atoms with Gasteiger partial charge in [0.05, 0.1) is 6.61 Å². The van der Waals surface area contributed by atoms with Crippen LogP contribution in [0, 0.1) is 18.8 Å². The van der Waals surface area contributed by atoms with Gasteiger partial charge in [-0.3, -0.25) is 0 Å². The second kappa shape index (κ2) is 8.53. The number of aryl methyl sites for hydroxylation is 1.